The minimum atomic E-state index is 0.976. The Morgan fingerprint density at radius 2 is 1.86 bits per heavy atom. The molecule has 118 valence electrons. The van der Waals surface area contributed by atoms with Crippen molar-refractivity contribution in [1.29, 1.82) is 0 Å². The average Bonchev–Trinajstić information content (AvgIpc) is 2.73. The smallest absolute Gasteiger partial charge is 0.0233 e. The number of benzene rings is 1. The van der Waals surface area contributed by atoms with Crippen LogP contribution in [0.4, 0.5) is 0 Å². The molecular weight excluding hydrogens is 256 g/mol. The van der Waals surface area contributed by atoms with Crippen LogP contribution >= 0.6 is 0 Å². The van der Waals surface area contributed by atoms with Crippen LogP contribution in [0.25, 0.3) is 0 Å². The van der Waals surface area contributed by atoms with E-state index in [2.05, 4.69) is 41.4 Å². The van der Waals surface area contributed by atoms with Gasteiger partial charge in [0.1, 0.15) is 0 Å². The summed E-state index contributed by atoms with van der Waals surface area (Å²) in [5, 5.41) is 3.21. The van der Waals surface area contributed by atoms with Crippen molar-refractivity contribution in [3.63, 3.8) is 0 Å². The molecule has 0 bridgehead atoms. The fourth-order valence-electron chi connectivity index (χ4n) is 3.42. The van der Waals surface area contributed by atoms with Gasteiger partial charge in [0.15, 0.2) is 0 Å². The van der Waals surface area contributed by atoms with E-state index in [1.54, 1.807) is 0 Å². The number of hydrogen-bond acceptors (Lipinski definition) is 2. The highest BCUT2D eigenvalue weighted by atomic mass is 15.1. The number of likely N-dealkylation sites (tertiary alicyclic amines) is 1. The quantitative estimate of drug-likeness (QED) is 0.820. The molecule has 1 aliphatic rings. The Hall–Kier alpha value is -0.860. The first-order valence-corrected chi connectivity index (χ1v) is 8.76. The van der Waals surface area contributed by atoms with Gasteiger partial charge in [0.2, 0.25) is 0 Å². The van der Waals surface area contributed by atoms with E-state index in [-0.39, 0.29) is 0 Å². The minimum absolute atomic E-state index is 0.976. The van der Waals surface area contributed by atoms with E-state index in [1.165, 1.54) is 56.3 Å². The highest BCUT2D eigenvalue weighted by molar-refractivity contribution is 5.22. The molecule has 1 aliphatic heterocycles. The molecule has 1 aromatic carbocycles. The predicted octanol–water partition coefficient (Wildman–Crippen LogP) is 3.85. The van der Waals surface area contributed by atoms with Crippen molar-refractivity contribution in [3.8, 4) is 0 Å². The number of nitrogens with zero attached hydrogens (tertiary/aromatic N) is 1. The van der Waals surface area contributed by atoms with Crippen LogP contribution in [0.3, 0.4) is 0 Å². The molecule has 1 fully saturated rings. The fraction of sp³-hybridized carbons (Fsp3) is 0.684. The van der Waals surface area contributed by atoms with Gasteiger partial charge in [-0.2, -0.15) is 0 Å². The molecule has 0 radical (unpaired) electrons. The second kappa shape index (κ2) is 9.22. The second-order valence-electron chi connectivity index (χ2n) is 6.53. The average molecular weight is 288 g/mol. The van der Waals surface area contributed by atoms with Crippen LogP contribution in [0.1, 0.15) is 50.2 Å². The topological polar surface area (TPSA) is 15.3 Å². The SMILES string of the molecule is CCCC1CCCN(Cc2ccc(CCNC)cc2)CC1. The molecule has 2 rings (SSSR count). The van der Waals surface area contributed by atoms with Crippen LogP contribution in [0.2, 0.25) is 0 Å². The van der Waals surface area contributed by atoms with Crippen LogP contribution in [-0.2, 0) is 13.0 Å². The van der Waals surface area contributed by atoms with Crippen molar-refractivity contribution in [2.45, 2.75) is 52.0 Å². The number of hydrogen-bond donors (Lipinski definition) is 1. The molecule has 0 spiro atoms. The number of rotatable bonds is 7. The lowest BCUT2D eigenvalue weighted by atomic mass is 9.96. The lowest BCUT2D eigenvalue weighted by Crippen LogP contribution is -2.24. The molecule has 1 N–H and O–H groups in total. The van der Waals surface area contributed by atoms with E-state index in [0.717, 1.165) is 25.4 Å². The maximum absolute atomic E-state index is 3.21. The zero-order chi connectivity index (χ0) is 14.9. The largest absolute Gasteiger partial charge is 0.319 e. The molecule has 2 nitrogen and oxygen atoms in total. The predicted molar refractivity (Wildman–Crippen MR) is 91.6 cm³/mol. The third kappa shape index (κ3) is 5.80. The van der Waals surface area contributed by atoms with Crippen molar-refractivity contribution in [3.05, 3.63) is 35.4 Å². The van der Waals surface area contributed by atoms with Crippen molar-refractivity contribution in [1.82, 2.24) is 10.2 Å². The molecular formula is C19H32N2. The van der Waals surface area contributed by atoms with Crippen LogP contribution in [0.5, 0.6) is 0 Å². The van der Waals surface area contributed by atoms with E-state index >= 15 is 0 Å². The Kier molecular flexibility index (Phi) is 7.25. The van der Waals surface area contributed by atoms with Crippen molar-refractivity contribution in [2.75, 3.05) is 26.7 Å². The minimum Gasteiger partial charge on any atom is -0.319 e. The summed E-state index contributed by atoms with van der Waals surface area (Å²) in [6.07, 6.45) is 8.11. The summed E-state index contributed by atoms with van der Waals surface area (Å²) < 4.78 is 0. The Morgan fingerprint density at radius 3 is 2.57 bits per heavy atom. The standard InChI is InChI=1S/C19H32N2/c1-3-5-17-6-4-14-21(15-12-17)16-19-9-7-18(8-10-19)11-13-20-2/h7-10,17,20H,3-6,11-16H2,1-2H3. The zero-order valence-corrected chi connectivity index (χ0v) is 13.9. The van der Waals surface area contributed by atoms with Gasteiger partial charge in [0.25, 0.3) is 0 Å². The van der Waals surface area contributed by atoms with Crippen molar-refractivity contribution >= 4 is 0 Å². The maximum atomic E-state index is 3.21. The first-order chi connectivity index (χ1) is 10.3. The third-order valence-corrected chi connectivity index (χ3v) is 4.73. The van der Waals surface area contributed by atoms with E-state index in [4.69, 9.17) is 0 Å². The molecule has 1 heterocycles. The Morgan fingerprint density at radius 1 is 1.10 bits per heavy atom. The van der Waals surface area contributed by atoms with Crippen LogP contribution in [-0.4, -0.2) is 31.6 Å². The van der Waals surface area contributed by atoms with Gasteiger partial charge in [-0.1, -0.05) is 44.0 Å². The number of likely N-dealkylation sites (N-methyl/N-ethyl adjacent to an activating group) is 1. The van der Waals surface area contributed by atoms with Crippen LogP contribution in [0, 0.1) is 5.92 Å². The molecule has 1 unspecified atom stereocenters. The Balaban J connectivity index is 1.81. The van der Waals surface area contributed by atoms with Crippen LogP contribution < -0.4 is 5.32 Å². The maximum Gasteiger partial charge on any atom is 0.0233 e. The first kappa shape index (κ1) is 16.5. The van der Waals surface area contributed by atoms with E-state index in [9.17, 15) is 0 Å². The molecule has 0 aromatic heterocycles. The molecule has 2 heteroatoms. The van der Waals surface area contributed by atoms with Crippen molar-refractivity contribution in [2.24, 2.45) is 5.92 Å². The summed E-state index contributed by atoms with van der Waals surface area (Å²) in [4.78, 5) is 2.65. The summed E-state index contributed by atoms with van der Waals surface area (Å²) in [7, 11) is 2.01. The van der Waals surface area contributed by atoms with Crippen molar-refractivity contribution < 1.29 is 0 Å². The Bertz CT molecular complexity index is 385. The summed E-state index contributed by atoms with van der Waals surface area (Å²) in [6.45, 7) is 7.07. The van der Waals surface area contributed by atoms with Gasteiger partial charge in [-0.15, -0.1) is 0 Å². The molecule has 21 heavy (non-hydrogen) atoms. The summed E-state index contributed by atoms with van der Waals surface area (Å²) >= 11 is 0. The highest BCUT2D eigenvalue weighted by Crippen LogP contribution is 2.22. The third-order valence-electron chi connectivity index (χ3n) is 4.73. The molecule has 0 aliphatic carbocycles. The fourth-order valence-corrected chi connectivity index (χ4v) is 3.42. The molecule has 0 saturated carbocycles. The first-order valence-electron chi connectivity index (χ1n) is 8.76. The van der Waals surface area contributed by atoms with Crippen LogP contribution in [0.15, 0.2) is 24.3 Å². The Labute approximate surface area is 130 Å². The normalized spacial score (nSPS) is 20.4. The van der Waals surface area contributed by atoms with Gasteiger partial charge in [0.05, 0.1) is 0 Å². The van der Waals surface area contributed by atoms with E-state index in [0.29, 0.717) is 0 Å². The number of nitrogens with one attached hydrogen (secondary N) is 1. The van der Waals surface area contributed by atoms with Gasteiger partial charge in [-0.3, -0.25) is 4.90 Å². The second-order valence-corrected chi connectivity index (χ2v) is 6.53. The van der Waals surface area contributed by atoms with E-state index < -0.39 is 0 Å². The van der Waals surface area contributed by atoms with E-state index in [1.807, 2.05) is 7.05 Å². The van der Waals surface area contributed by atoms with Gasteiger partial charge in [-0.25, -0.2) is 0 Å². The highest BCUT2D eigenvalue weighted by Gasteiger charge is 2.16. The van der Waals surface area contributed by atoms with Gasteiger partial charge in [-0.05, 0) is 69.4 Å². The molecule has 1 saturated heterocycles. The zero-order valence-electron chi connectivity index (χ0n) is 13.9. The summed E-state index contributed by atoms with van der Waals surface area (Å²) in [5.74, 6) is 0.976. The lowest BCUT2D eigenvalue weighted by Gasteiger charge is -2.20. The van der Waals surface area contributed by atoms with Gasteiger partial charge >= 0.3 is 0 Å². The summed E-state index contributed by atoms with van der Waals surface area (Å²) in [6, 6.07) is 9.23. The van der Waals surface area contributed by atoms with Gasteiger partial charge < -0.3 is 5.32 Å². The molecule has 1 aromatic rings. The lowest BCUT2D eigenvalue weighted by molar-refractivity contribution is 0.271. The molecule has 1 atom stereocenters. The summed E-state index contributed by atoms with van der Waals surface area (Å²) in [5.41, 5.74) is 2.91. The molecule has 0 amide bonds. The monoisotopic (exact) mass is 288 g/mol. The van der Waals surface area contributed by atoms with Gasteiger partial charge in [0, 0.05) is 6.54 Å².